The highest BCUT2D eigenvalue weighted by molar-refractivity contribution is 5.90. The number of fused-ring (bicyclic) bond motifs is 1. The first-order valence-corrected chi connectivity index (χ1v) is 7.48. The molecule has 1 atom stereocenters. The molecule has 0 saturated carbocycles. The Bertz CT molecular complexity index is 606. The van der Waals surface area contributed by atoms with Crippen LogP contribution in [0.1, 0.15) is 25.1 Å². The molecule has 0 unspecified atom stereocenters. The second kappa shape index (κ2) is 6.14. The summed E-state index contributed by atoms with van der Waals surface area (Å²) >= 11 is 0. The van der Waals surface area contributed by atoms with E-state index in [9.17, 15) is 4.79 Å². The molecular formula is C17H21N3O. The Kier molecular flexibility index (Phi) is 4.06. The predicted molar refractivity (Wildman–Crippen MR) is 84.1 cm³/mol. The van der Waals surface area contributed by atoms with Gasteiger partial charge in [-0.15, -0.1) is 0 Å². The zero-order chi connectivity index (χ0) is 14.7. The summed E-state index contributed by atoms with van der Waals surface area (Å²) in [5, 5.41) is 2.94. The van der Waals surface area contributed by atoms with Gasteiger partial charge in [0, 0.05) is 49.7 Å². The minimum atomic E-state index is 0.0781. The molecule has 0 bridgehead atoms. The van der Waals surface area contributed by atoms with Gasteiger partial charge in [-0.2, -0.15) is 0 Å². The summed E-state index contributed by atoms with van der Waals surface area (Å²) < 4.78 is 2.30. The number of hydrogen-bond acceptors (Lipinski definition) is 2. The first kappa shape index (κ1) is 13.9. The fourth-order valence-corrected chi connectivity index (χ4v) is 2.92. The van der Waals surface area contributed by atoms with Crippen molar-refractivity contribution in [2.75, 3.05) is 18.4 Å². The molecule has 1 aliphatic heterocycles. The highest BCUT2D eigenvalue weighted by Gasteiger charge is 2.23. The van der Waals surface area contributed by atoms with Gasteiger partial charge in [-0.1, -0.05) is 18.2 Å². The van der Waals surface area contributed by atoms with Gasteiger partial charge in [0.05, 0.1) is 0 Å². The smallest absolute Gasteiger partial charge is 0.225 e. The van der Waals surface area contributed by atoms with Crippen LogP contribution in [-0.4, -0.2) is 28.5 Å². The van der Waals surface area contributed by atoms with E-state index < -0.39 is 0 Å². The van der Waals surface area contributed by atoms with Crippen molar-refractivity contribution < 1.29 is 4.79 Å². The molecule has 1 aliphatic rings. The summed E-state index contributed by atoms with van der Waals surface area (Å²) in [4.78, 5) is 14.4. The lowest BCUT2D eigenvalue weighted by atomic mass is 10.1. The van der Waals surface area contributed by atoms with Gasteiger partial charge in [-0.05, 0) is 31.2 Å². The van der Waals surface area contributed by atoms with Gasteiger partial charge in [0.25, 0.3) is 0 Å². The molecule has 4 heteroatoms. The fourth-order valence-electron chi connectivity index (χ4n) is 2.92. The number of anilines is 1. The third-order valence-corrected chi connectivity index (χ3v) is 4.15. The monoisotopic (exact) mass is 283 g/mol. The second-order valence-corrected chi connectivity index (χ2v) is 5.50. The Morgan fingerprint density at radius 1 is 1.19 bits per heavy atom. The zero-order valence-corrected chi connectivity index (χ0v) is 12.3. The van der Waals surface area contributed by atoms with Crippen molar-refractivity contribution in [2.45, 2.75) is 25.9 Å². The minimum absolute atomic E-state index is 0.0781. The summed E-state index contributed by atoms with van der Waals surface area (Å²) in [7, 11) is 0. The fraction of sp³-hybridized carbons (Fsp3) is 0.353. The Morgan fingerprint density at radius 2 is 2.00 bits per heavy atom. The third kappa shape index (κ3) is 3.16. The number of amides is 1. The van der Waals surface area contributed by atoms with Crippen LogP contribution >= 0.6 is 0 Å². The number of aromatic nitrogens is 1. The van der Waals surface area contributed by atoms with Crippen LogP contribution in [0.4, 0.5) is 5.69 Å². The summed E-state index contributed by atoms with van der Waals surface area (Å²) in [6.45, 7) is 5.01. The topological polar surface area (TPSA) is 37.3 Å². The van der Waals surface area contributed by atoms with E-state index in [0.717, 1.165) is 25.3 Å². The van der Waals surface area contributed by atoms with E-state index in [1.165, 1.54) is 5.69 Å². The van der Waals surface area contributed by atoms with Gasteiger partial charge in [0.2, 0.25) is 5.91 Å². The van der Waals surface area contributed by atoms with Crippen molar-refractivity contribution in [3.8, 4) is 0 Å². The number of rotatable bonds is 4. The Hall–Kier alpha value is -2.07. The molecule has 4 nitrogen and oxygen atoms in total. The normalized spacial score (nSPS) is 18.2. The highest BCUT2D eigenvalue weighted by atomic mass is 16.1. The standard InChI is InChI=1S/C17H21N3O/c1-14-16-8-5-10-20(16)13-12-19(14)11-9-17(21)18-15-6-3-2-4-7-15/h2-8,10,14H,9,11-13H2,1H3,(H,18,21)/t14-/m1/s1. The van der Waals surface area contributed by atoms with Crippen molar-refractivity contribution in [1.82, 2.24) is 9.47 Å². The highest BCUT2D eigenvalue weighted by Crippen LogP contribution is 2.25. The lowest BCUT2D eigenvalue weighted by Gasteiger charge is -2.34. The molecule has 2 heterocycles. The van der Waals surface area contributed by atoms with Crippen LogP contribution in [0.5, 0.6) is 0 Å². The first-order chi connectivity index (χ1) is 10.2. The van der Waals surface area contributed by atoms with Gasteiger partial charge in [-0.3, -0.25) is 9.69 Å². The van der Waals surface area contributed by atoms with Crippen molar-refractivity contribution in [3.63, 3.8) is 0 Å². The quantitative estimate of drug-likeness (QED) is 0.937. The van der Waals surface area contributed by atoms with Crippen LogP contribution in [0.2, 0.25) is 0 Å². The number of nitrogens with zero attached hydrogens (tertiary/aromatic N) is 2. The lowest BCUT2D eigenvalue weighted by molar-refractivity contribution is -0.116. The molecule has 0 radical (unpaired) electrons. The molecule has 0 aliphatic carbocycles. The molecule has 1 amide bonds. The van der Waals surface area contributed by atoms with Crippen LogP contribution in [-0.2, 0) is 11.3 Å². The van der Waals surface area contributed by atoms with Crippen molar-refractivity contribution in [2.24, 2.45) is 0 Å². The van der Waals surface area contributed by atoms with E-state index in [1.807, 2.05) is 30.3 Å². The lowest BCUT2D eigenvalue weighted by Crippen LogP contribution is -2.38. The maximum Gasteiger partial charge on any atom is 0.225 e. The van der Waals surface area contributed by atoms with Crippen molar-refractivity contribution in [1.29, 1.82) is 0 Å². The molecule has 0 fully saturated rings. The number of nitrogens with one attached hydrogen (secondary N) is 1. The second-order valence-electron chi connectivity index (χ2n) is 5.50. The van der Waals surface area contributed by atoms with E-state index in [-0.39, 0.29) is 5.91 Å². The van der Waals surface area contributed by atoms with E-state index in [1.54, 1.807) is 0 Å². The van der Waals surface area contributed by atoms with Crippen LogP contribution in [0.25, 0.3) is 0 Å². The van der Waals surface area contributed by atoms with Gasteiger partial charge in [-0.25, -0.2) is 0 Å². The van der Waals surface area contributed by atoms with E-state index in [0.29, 0.717) is 12.5 Å². The van der Waals surface area contributed by atoms with Crippen LogP contribution in [0.15, 0.2) is 48.7 Å². The zero-order valence-electron chi connectivity index (χ0n) is 12.3. The summed E-state index contributed by atoms with van der Waals surface area (Å²) in [6.07, 6.45) is 2.66. The maximum atomic E-state index is 12.0. The third-order valence-electron chi connectivity index (χ3n) is 4.15. The minimum Gasteiger partial charge on any atom is -0.349 e. The van der Waals surface area contributed by atoms with Crippen LogP contribution < -0.4 is 5.32 Å². The molecule has 3 rings (SSSR count). The van der Waals surface area contributed by atoms with E-state index in [2.05, 4.69) is 40.0 Å². The molecule has 21 heavy (non-hydrogen) atoms. The number of hydrogen-bond donors (Lipinski definition) is 1. The summed E-state index contributed by atoms with van der Waals surface area (Å²) in [5.74, 6) is 0.0781. The van der Waals surface area contributed by atoms with Gasteiger partial charge >= 0.3 is 0 Å². The van der Waals surface area contributed by atoms with E-state index in [4.69, 9.17) is 0 Å². The molecular weight excluding hydrogens is 262 g/mol. The first-order valence-electron chi connectivity index (χ1n) is 7.48. The molecule has 1 aromatic heterocycles. The average Bonchev–Trinajstić information content (AvgIpc) is 2.97. The summed E-state index contributed by atoms with van der Waals surface area (Å²) in [5.41, 5.74) is 2.20. The van der Waals surface area contributed by atoms with Gasteiger partial charge in [0.1, 0.15) is 0 Å². The Morgan fingerprint density at radius 3 is 2.81 bits per heavy atom. The number of carbonyl (C=O) groups excluding carboxylic acids is 1. The molecule has 1 aromatic carbocycles. The van der Waals surface area contributed by atoms with Crippen LogP contribution in [0.3, 0.4) is 0 Å². The molecule has 2 aromatic rings. The molecule has 1 N–H and O–H groups in total. The number of carbonyl (C=O) groups is 1. The predicted octanol–water partition coefficient (Wildman–Crippen LogP) is 2.89. The molecule has 0 saturated heterocycles. The number of para-hydroxylation sites is 1. The van der Waals surface area contributed by atoms with E-state index >= 15 is 0 Å². The van der Waals surface area contributed by atoms with Gasteiger partial charge < -0.3 is 9.88 Å². The van der Waals surface area contributed by atoms with Crippen LogP contribution in [0, 0.1) is 0 Å². The number of benzene rings is 1. The Labute approximate surface area is 125 Å². The summed E-state index contributed by atoms with van der Waals surface area (Å²) in [6, 6.07) is 14.3. The molecule has 0 spiro atoms. The molecule has 110 valence electrons. The van der Waals surface area contributed by atoms with Crippen molar-refractivity contribution >= 4 is 11.6 Å². The largest absolute Gasteiger partial charge is 0.349 e. The maximum absolute atomic E-state index is 12.0. The average molecular weight is 283 g/mol. The van der Waals surface area contributed by atoms with Gasteiger partial charge in [0.15, 0.2) is 0 Å². The van der Waals surface area contributed by atoms with Crippen molar-refractivity contribution in [3.05, 3.63) is 54.4 Å². The Balaban J connectivity index is 1.53. The SMILES string of the molecule is C[C@@H]1c2cccn2CCN1CCC(=O)Nc1ccccc1.